The molecule has 1 unspecified atom stereocenters. The molecule has 9 nitrogen and oxygen atoms in total. The normalized spacial score (nSPS) is 12.8. The predicted molar refractivity (Wildman–Crippen MR) is 113 cm³/mol. The summed E-state index contributed by atoms with van der Waals surface area (Å²) < 4.78 is 30.2. The SMILES string of the molecule is Cc1cc(C)c(S(=O)(=O)NC(C)Cn2cc(C(N)=O)c3ccccc32)c([N+](=O)[O-])c1. The molecule has 30 heavy (non-hydrogen) atoms. The van der Waals surface area contributed by atoms with E-state index in [1.165, 1.54) is 13.0 Å². The minimum absolute atomic E-state index is 0.200. The maximum absolute atomic E-state index is 13.0. The molecule has 0 saturated heterocycles. The topological polar surface area (TPSA) is 137 Å². The number of benzene rings is 2. The van der Waals surface area contributed by atoms with Gasteiger partial charge >= 0.3 is 0 Å². The number of primary amides is 1. The predicted octanol–water partition coefficient (Wildman–Crippen LogP) is 2.63. The molecule has 10 heteroatoms. The first-order chi connectivity index (χ1) is 14.0. The van der Waals surface area contributed by atoms with Gasteiger partial charge in [-0.1, -0.05) is 24.3 Å². The van der Waals surface area contributed by atoms with Gasteiger partial charge in [-0.05, 0) is 38.0 Å². The van der Waals surface area contributed by atoms with Gasteiger partial charge in [0.2, 0.25) is 10.0 Å². The molecule has 0 saturated carbocycles. The van der Waals surface area contributed by atoms with Crippen LogP contribution >= 0.6 is 0 Å². The van der Waals surface area contributed by atoms with Crippen molar-refractivity contribution >= 4 is 32.5 Å². The van der Waals surface area contributed by atoms with Crippen molar-refractivity contribution in [2.45, 2.75) is 38.3 Å². The summed E-state index contributed by atoms with van der Waals surface area (Å²) in [7, 11) is -4.16. The molecule has 3 rings (SSSR count). The van der Waals surface area contributed by atoms with Crippen molar-refractivity contribution in [3.05, 3.63) is 69.4 Å². The quantitative estimate of drug-likeness (QED) is 0.438. The fraction of sp³-hybridized carbons (Fsp3) is 0.250. The number of hydrogen-bond acceptors (Lipinski definition) is 5. The Balaban J connectivity index is 1.94. The van der Waals surface area contributed by atoms with Crippen LogP contribution in [0.25, 0.3) is 10.9 Å². The van der Waals surface area contributed by atoms with E-state index in [0.717, 1.165) is 5.52 Å². The van der Waals surface area contributed by atoms with Crippen molar-refractivity contribution < 1.29 is 18.1 Å². The highest BCUT2D eigenvalue weighted by atomic mass is 32.2. The molecule has 3 N–H and O–H groups in total. The lowest BCUT2D eigenvalue weighted by Crippen LogP contribution is -2.36. The maximum atomic E-state index is 13.0. The second kappa shape index (κ2) is 7.88. The van der Waals surface area contributed by atoms with E-state index in [-0.39, 0.29) is 11.4 Å². The van der Waals surface area contributed by atoms with Crippen LogP contribution in [-0.4, -0.2) is 29.9 Å². The van der Waals surface area contributed by atoms with E-state index in [9.17, 15) is 23.3 Å². The van der Waals surface area contributed by atoms with Gasteiger partial charge in [-0.2, -0.15) is 0 Å². The smallest absolute Gasteiger partial charge is 0.289 e. The lowest BCUT2D eigenvalue weighted by molar-refractivity contribution is -0.388. The number of carbonyl (C=O) groups is 1. The molecule has 158 valence electrons. The van der Waals surface area contributed by atoms with E-state index < -0.39 is 32.6 Å². The summed E-state index contributed by atoms with van der Waals surface area (Å²) in [6, 6.07) is 9.36. The summed E-state index contributed by atoms with van der Waals surface area (Å²) in [6.45, 7) is 5.04. The summed E-state index contributed by atoms with van der Waals surface area (Å²) in [5.74, 6) is -0.580. The molecular formula is C20H22N4O5S. The van der Waals surface area contributed by atoms with Crippen molar-refractivity contribution in [2.75, 3.05) is 0 Å². The lowest BCUT2D eigenvalue weighted by atomic mass is 10.1. The molecule has 0 aliphatic carbocycles. The number of carbonyl (C=O) groups excluding carboxylic acids is 1. The number of nitrogens with two attached hydrogens (primary N) is 1. The van der Waals surface area contributed by atoms with Crippen molar-refractivity contribution in [1.82, 2.24) is 9.29 Å². The minimum Gasteiger partial charge on any atom is -0.366 e. The van der Waals surface area contributed by atoms with Crippen molar-refractivity contribution in [3.63, 3.8) is 0 Å². The zero-order valence-corrected chi connectivity index (χ0v) is 17.6. The highest BCUT2D eigenvalue weighted by Crippen LogP contribution is 2.29. The summed E-state index contributed by atoms with van der Waals surface area (Å²) >= 11 is 0. The number of nitro groups is 1. The molecule has 1 heterocycles. The largest absolute Gasteiger partial charge is 0.366 e. The lowest BCUT2D eigenvalue weighted by Gasteiger charge is -2.17. The second-order valence-electron chi connectivity index (χ2n) is 7.29. The molecule has 1 atom stereocenters. The van der Waals surface area contributed by atoms with Crippen LogP contribution in [0, 0.1) is 24.0 Å². The molecule has 0 radical (unpaired) electrons. The van der Waals surface area contributed by atoms with Crippen LogP contribution in [0.3, 0.4) is 0 Å². The first-order valence-electron chi connectivity index (χ1n) is 9.17. The standard InChI is InChI=1S/C20H22N4O5S/c1-12-8-13(2)19(18(9-12)24(26)27)30(28,29)22-14(3)10-23-11-16(20(21)25)15-6-4-5-7-17(15)23/h4-9,11,14,22H,10H2,1-3H3,(H2,21,25). The van der Waals surface area contributed by atoms with Gasteiger partial charge in [-0.15, -0.1) is 0 Å². The third-order valence-corrected chi connectivity index (χ3v) is 6.53. The molecule has 0 fully saturated rings. The number of nitro benzene ring substituents is 1. The third-order valence-electron chi connectivity index (χ3n) is 4.75. The molecule has 1 amide bonds. The highest BCUT2D eigenvalue weighted by Gasteiger charge is 2.30. The Bertz CT molecular complexity index is 1260. The van der Waals surface area contributed by atoms with Crippen LogP contribution in [0.15, 0.2) is 47.5 Å². The van der Waals surface area contributed by atoms with E-state index >= 15 is 0 Å². The Hall–Kier alpha value is -3.24. The van der Waals surface area contributed by atoms with Gasteiger partial charge < -0.3 is 10.3 Å². The number of rotatable bonds is 7. The number of aromatic nitrogens is 1. The number of sulfonamides is 1. The van der Waals surface area contributed by atoms with Gasteiger partial charge in [-0.25, -0.2) is 13.1 Å². The van der Waals surface area contributed by atoms with E-state index in [2.05, 4.69) is 4.72 Å². The summed E-state index contributed by atoms with van der Waals surface area (Å²) in [4.78, 5) is 22.1. The highest BCUT2D eigenvalue weighted by molar-refractivity contribution is 7.89. The second-order valence-corrected chi connectivity index (χ2v) is 8.94. The average molecular weight is 430 g/mol. The Labute approximate surface area is 173 Å². The van der Waals surface area contributed by atoms with Crippen LogP contribution in [0.4, 0.5) is 5.69 Å². The molecule has 0 bridgehead atoms. The summed E-state index contributed by atoms with van der Waals surface area (Å²) in [5, 5.41) is 12.1. The number of aryl methyl sites for hydroxylation is 2. The number of hydrogen-bond donors (Lipinski definition) is 2. The molecule has 2 aromatic carbocycles. The van der Waals surface area contributed by atoms with Crippen LogP contribution < -0.4 is 10.5 Å². The van der Waals surface area contributed by atoms with Crippen LogP contribution in [0.1, 0.15) is 28.4 Å². The summed E-state index contributed by atoms with van der Waals surface area (Å²) in [6.07, 6.45) is 1.58. The van der Waals surface area contributed by atoms with Crippen LogP contribution in [-0.2, 0) is 16.6 Å². The van der Waals surface area contributed by atoms with Crippen molar-refractivity contribution in [3.8, 4) is 0 Å². The number of nitrogens with zero attached hydrogens (tertiary/aromatic N) is 2. The Morgan fingerprint density at radius 2 is 1.93 bits per heavy atom. The van der Waals surface area contributed by atoms with E-state index in [4.69, 9.17) is 5.73 Å². The average Bonchev–Trinajstić information content (AvgIpc) is 2.99. The van der Waals surface area contributed by atoms with Gasteiger partial charge in [-0.3, -0.25) is 14.9 Å². The molecule has 1 aromatic heterocycles. The summed E-state index contributed by atoms with van der Waals surface area (Å²) in [5.41, 5.74) is 6.95. The number of amides is 1. The van der Waals surface area contributed by atoms with Gasteiger partial charge in [0, 0.05) is 35.8 Å². The Morgan fingerprint density at radius 3 is 2.57 bits per heavy atom. The monoisotopic (exact) mass is 430 g/mol. The fourth-order valence-electron chi connectivity index (χ4n) is 3.67. The Morgan fingerprint density at radius 1 is 1.27 bits per heavy atom. The first-order valence-corrected chi connectivity index (χ1v) is 10.6. The zero-order chi connectivity index (χ0) is 22.2. The maximum Gasteiger partial charge on any atom is 0.289 e. The van der Waals surface area contributed by atoms with Crippen LogP contribution in [0.2, 0.25) is 0 Å². The molecule has 3 aromatic rings. The molecule has 0 aliphatic rings. The molecule has 0 aliphatic heterocycles. The minimum atomic E-state index is -4.16. The molecule has 0 spiro atoms. The fourth-order valence-corrected chi connectivity index (χ4v) is 5.28. The molecular weight excluding hydrogens is 408 g/mol. The first kappa shape index (κ1) is 21.5. The van der Waals surface area contributed by atoms with E-state index in [1.54, 1.807) is 54.9 Å². The van der Waals surface area contributed by atoms with E-state index in [0.29, 0.717) is 22.1 Å². The number of para-hydroxylation sites is 1. The van der Waals surface area contributed by atoms with Gasteiger partial charge in [0.25, 0.3) is 11.6 Å². The van der Waals surface area contributed by atoms with E-state index in [1.807, 2.05) is 0 Å². The Kier molecular flexibility index (Phi) is 5.64. The number of nitrogens with one attached hydrogen (secondary N) is 1. The van der Waals surface area contributed by atoms with Gasteiger partial charge in [0.05, 0.1) is 10.5 Å². The zero-order valence-electron chi connectivity index (χ0n) is 16.7. The van der Waals surface area contributed by atoms with Crippen LogP contribution in [0.5, 0.6) is 0 Å². The van der Waals surface area contributed by atoms with Crippen molar-refractivity contribution in [2.24, 2.45) is 5.73 Å². The third kappa shape index (κ3) is 4.05. The van der Waals surface area contributed by atoms with Crippen molar-refractivity contribution in [1.29, 1.82) is 0 Å². The number of fused-ring (bicyclic) bond motifs is 1. The van der Waals surface area contributed by atoms with Gasteiger partial charge in [0.1, 0.15) is 0 Å². The van der Waals surface area contributed by atoms with Gasteiger partial charge in [0.15, 0.2) is 4.90 Å².